The summed E-state index contributed by atoms with van der Waals surface area (Å²) in [6.45, 7) is 6.53. The van der Waals surface area contributed by atoms with Crippen molar-refractivity contribution in [3.8, 4) is 5.75 Å². The zero-order valence-corrected chi connectivity index (χ0v) is 15.4. The average Bonchev–Trinajstić information content (AvgIpc) is 3.04. The van der Waals surface area contributed by atoms with Crippen LogP contribution in [0, 0.1) is 12.8 Å². The van der Waals surface area contributed by atoms with Gasteiger partial charge in [-0.15, -0.1) is 0 Å². The highest BCUT2D eigenvalue weighted by Gasteiger charge is 2.53. The number of hydrogen-bond donors (Lipinski definition) is 1. The van der Waals surface area contributed by atoms with Gasteiger partial charge in [-0.1, -0.05) is 18.2 Å². The summed E-state index contributed by atoms with van der Waals surface area (Å²) < 4.78 is 0. The summed E-state index contributed by atoms with van der Waals surface area (Å²) in [5.41, 5.74) is 3.56. The van der Waals surface area contributed by atoms with Gasteiger partial charge in [0.1, 0.15) is 5.75 Å². The van der Waals surface area contributed by atoms with Crippen molar-refractivity contribution in [3.05, 3.63) is 59.4 Å². The molecule has 0 radical (unpaired) electrons. The highest BCUT2D eigenvalue weighted by Crippen LogP contribution is 2.47. The topological polar surface area (TPSA) is 39.6 Å². The van der Waals surface area contributed by atoms with Crippen LogP contribution in [0.2, 0.25) is 0 Å². The molecule has 6 rings (SSSR count). The van der Waals surface area contributed by atoms with E-state index in [-0.39, 0.29) is 0 Å². The molecule has 5 heterocycles. The fraction of sp³-hybridized carbons (Fsp3) is 0.500. The third-order valence-corrected chi connectivity index (χ3v) is 6.70. The summed E-state index contributed by atoms with van der Waals surface area (Å²) in [7, 11) is 0. The molecule has 1 aromatic carbocycles. The van der Waals surface area contributed by atoms with Gasteiger partial charge in [0.2, 0.25) is 0 Å². The highest BCUT2D eigenvalue weighted by molar-refractivity contribution is 5.33. The molecule has 0 spiro atoms. The van der Waals surface area contributed by atoms with Crippen LogP contribution in [0.15, 0.2) is 42.5 Å². The highest BCUT2D eigenvalue weighted by atomic mass is 16.3. The number of hydrogen-bond acceptors (Lipinski definition) is 4. The van der Waals surface area contributed by atoms with Crippen molar-refractivity contribution in [1.29, 1.82) is 0 Å². The second-order valence-electron chi connectivity index (χ2n) is 8.26. The molecule has 136 valence electrons. The number of aromatic nitrogens is 1. The summed E-state index contributed by atoms with van der Waals surface area (Å²) in [6, 6.07) is 15.5. The summed E-state index contributed by atoms with van der Waals surface area (Å²) in [5, 5.41) is 10.00. The SMILES string of the molecule is Cc1cccc(CN2C[C@@H](c3cccc(O)c3)[C@@H]3[C@H]2C2CCN3CC2)n1. The van der Waals surface area contributed by atoms with Crippen LogP contribution in [0.3, 0.4) is 0 Å². The van der Waals surface area contributed by atoms with Crippen LogP contribution in [0.25, 0.3) is 0 Å². The lowest BCUT2D eigenvalue weighted by Gasteiger charge is -2.51. The molecule has 1 N–H and O–H groups in total. The lowest BCUT2D eigenvalue weighted by molar-refractivity contribution is -0.00899. The minimum Gasteiger partial charge on any atom is -0.508 e. The minimum absolute atomic E-state index is 0.383. The number of phenolic OH excluding ortho intramolecular Hbond substituents is 1. The molecule has 0 amide bonds. The van der Waals surface area contributed by atoms with Crippen LogP contribution in [0.5, 0.6) is 5.75 Å². The van der Waals surface area contributed by atoms with Crippen LogP contribution in [-0.2, 0) is 6.54 Å². The summed E-state index contributed by atoms with van der Waals surface area (Å²) in [6.07, 6.45) is 2.65. The van der Waals surface area contributed by atoms with Crippen molar-refractivity contribution in [1.82, 2.24) is 14.8 Å². The normalized spacial score (nSPS) is 33.3. The molecule has 3 atom stereocenters. The van der Waals surface area contributed by atoms with E-state index >= 15 is 0 Å². The van der Waals surface area contributed by atoms with E-state index in [1.165, 1.54) is 37.2 Å². The number of rotatable bonds is 3. The molecule has 2 bridgehead atoms. The van der Waals surface area contributed by atoms with Gasteiger partial charge in [-0.2, -0.15) is 0 Å². The predicted octanol–water partition coefficient (Wildman–Crippen LogP) is 3.16. The van der Waals surface area contributed by atoms with Crippen molar-refractivity contribution in [3.63, 3.8) is 0 Å². The lowest BCUT2D eigenvalue weighted by atomic mass is 9.75. The Morgan fingerprint density at radius 3 is 2.65 bits per heavy atom. The average molecular weight is 349 g/mol. The Morgan fingerprint density at radius 2 is 1.88 bits per heavy atom. The maximum atomic E-state index is 10.00. The van der Waals surface area contributed by atoms with Crippen LogP contribution in [-0.4, -0.2) is 51.6 Å². The summed E-state index contributed by atoms with van der Waals surface area (Å²) in [4.78, 5) is 10.1. The van der Waals surface area contributed by atoms with E-state index in [0.29, 0.717) is 23.8 Å². The molecular weight excluding hydrogens is 322 g/mol. The first-order valence-corrected chi connectivity index (χ1v) is 9.88. The second kappa shape index (κ2) is 6.36. The van der Waals surface area contributed by atoms with E-state index in [0.717, 1.165) is 24.7 Å². The number of fused-ring (bicyclic) bond motifs is 2. The molecule has 4 nitrogen and oxygen atoms in total. The van der Waals surface area contributed by atoms with Gasteiger partial charge in [0.15, 0.2) is 0 Å². The smallest absolute Gasteiger partial charge is 0.115 e. The fourth-order valence-corrected chi connectivity index (χ4v) is 5.67. The monoisotopic (exact) mass is 349 g/mol. The Kier molecular flexibility index (Phi) is 3.98. The van der Waals surface area contributed by atoms with Gasteiger partial charge in [0.25, 0.3) is 0 Å². The van der Waals surface area contributed by atoms with E-state index in [4.69, 9.17) is 4.98 Å². The van der Waals surface area contributed by atoms with E-state index in [9.17, 15) is 5.11 Å². The van der Waals surface area contributed by atoms with Crippen molar-refractivity contribution >= 4 is 0 Å². The molecule has 4 aliphatic heterocycles. The van der Waals surface area contributed by atoms with Gasteiger partial charge < -0.3 is 5.11 Å². The lowest BCUT2D eigenvalue weighted by Crippen LogP contribution is -2.60. The van der Waals surface area contributed by atoms with Crippen molar-refractivity contribution < 1.29 is 5.11 Å². The van der Waals surface area contributed by atoms with Gasteiger partial charge in [-0.05, 0) is 68.6 Å². The number of benzene rings is 1. The molecule has 4 fully saturated rings. The largest absolute Gasteiger partial charge is 0.508 e. The number of aromatic hydroxyl groups is 1. The number of phenols is 1. The van der Waals surface area contributed by atoms with E-state index in [1.54, 1.807) is 6.07 Å². The second-order valence-corrected chi connectivity index (χ2v) is 8.26. The molecule has 0 saturated carbocycles. The quantitative estimate of drug-likeness (QED) is 0.924. The molecule has 1 aromatic heterocycles. The first-order valence-electron chi connectivity index (χ1n) is 9.88. The zero-order valence-electron chi connectivity index (χ0n) is 15.4. The molecule has 0 unspecified atom stereocenters. The molecule has 4 aliphatic rings. The molecule has 2 aromatic rings. The van der Waals surface area contributed by atoms with Crippen molar-refractivity contribution in [2.45, 2.75) is 44.3 Å². The predicted molar refractivity (Wildman–Crippen MR) is 102 cm³/mol. The molecule has 26 heavy (non-hydrogen) atoms. The number of nitrogens with zero attached hydrogens (tertiary/aromatic N) is 3. The molecule has 4 saturated heterocycles. The molecule has 0 aliphatic carbocycles. The summed E-state index contributed by atoms with van der Waals surface area (Å²) in [5.74, 6) is 1.66. The Balaban J connectivity index is 1.48. The fourth-order valence-electron chi connectivity index (χ4n) is 5.67. The van der Waals surface area contributed by atoms with Gasteiger partial charge in [0.05, 0.1) is 5.69 Å². The van der Waals surface area contributed by atoms with E-state index < -0.39 is 0 Å². The van der Waals surface area contributed by atoms with Crippen molar-refractivity contribution in [2.24, 2.45) is 5.92 Å². The van der Waals surface area contributed by atoms with Crippen LogP contribution >= 0.6 is 0 Å². The van der Waals surface area contributed by atoms with E-state index in [1.807, 2.05) is 12.1 Å². The van der Waals surface area contributed by atoms with Gasteiger partial charge in [-0.25, -0.2) is 0 Å². The number of aryl methyl sites for hydroxylation is 1. The maximum absolute atomic E-state index is 10.00. The Bertz CT molecular complexity index is 799. The van der Waals surface area contributed by atoms with Crippen molar-refractivity contribution in [2.75, 3.05) is 19.6 Å². The first-order chi connectivity index (χ1) is 12.7. The number of likely N-dealkylation sites (tertiary alicyclic amines) is 1. The van der Waals surface area contributed by atoms with Gasteiger partial charge in [-0.3, -0.25) is 14.8 Å². The van der Waals surface area contributed by atoms with Crippen LogP contribution in [0.4, 0.5) is 0 Å². The third kappa shape index (κ3) is 2.72. The molecule has 4 heteroatoms. The third-order valence-electron chi connectivity index (χ3n) is 6.70. The Hall–Kier alpha value is -1.91. The Labute approximate surface area is 155 Å². The van der Waals surface area contributed by atoms with Gasteiger partial charge >= 0.3 is 0 Å². The standard InChI is InChI=1S/C22H27N3O/c1-15-4-2-6-18(23-15)13-25-14-20(17-5-3-7-19(26)12-17)22-21(25)16-8-10-24(22)11-9-16/h2-7,12,16,20-22,26H,8-11,13-14H2,1H3/t20-,21+,22+/m0/s1. The Morgan fingerprint density at radius 1 is 1.08 bits per heavy atom. The number of pyridine rings is 1. The minimum atomic E-state index is 0.383. The number of piperidine rings is 3. The van der Waals surface area contributed by atoms with E-state index in [2.05, 4.69) is 41.0 Å². The zero-order chi connectivity index (χ0) is 17.7. The van der Waals surface area contributed by atoms with Gasteiger partial charge in [0, 0.05) is 36.8 Å². The summed E-state index contributed by atoms with van der Waals surface area (Å²) >= 11 is 0. The van der Waals surface area contributed by atoms with Crippen LogP contribution < -0.4 is 0 Å². The first kappa shape index (κ1) is 16.3. The maximum Gasteiger partial charge on any atom is 0.115 e. The van der Waals surface area contributed by atoms with Crippen LogP contribution in [0.1, 0.15) is 35.7 Å². The molecular formula is C22H27N3O.